The summed E-state index contributed by atoms with van der Waals surface area (Å²) >= 11 is 0. The molecule has 0 N–H and O–H groups in total. The smallest absolute Gasteiger partial charge is 0.246 e. The van der Waals surface area contributed by atoms with Crippen molar-refractivity contribution >= 4 is 5.91 Å². The second-order valence-corrected chi connectivity index (χ2v) is 4.69. The summed E-state index contributed by atoms with van der Waals surface area (Å²) in [6, 6.07) is 0. The summed E-state index contributed by atoms with van der Waals surface area (Å²) in [5, 5.41) is 0. The van der Waals surface area contributed by atoms with Crippen LogP contribution in [0.25, 0.3) is 0 Å². The highest BCUT2D eigenvalue weighted by atomic mass is 16.5. The molecule has 16 heavy (non-hydrogen) atoms. The van der Waals surface area contributed by atoms with Crippen molar-refractivity contribution in [1.29, 1.82) is 0 Å². The molecule has 1 amide bonds. The molecule has 0 bridgehead atoms. The van der Waals surface area contributed by atoms with Crippen LogP contribution in [0.15, 0.2) is 12.2 Å². The fraction of sp³-hybridized carbons (Fsp3) is 0.769. The molecule has 0 atom stereocenters. The number of nitrogens with zero attached hydrogens (tertiary/aromatic N) is 1. The van der Waals surface area contributed by atoms with Gasteiger partial charge in [-0.3, -0.25) is 4.79 Å². The molecule has 0 radical (unpaired) electrons. The summed E-state index contributed by atoms with van der Waals surface area (Å²) in [4.78, 5) is 13.7. The predicted molar refractivity (Wildman–Crippen MR) is 63.1 cm³/mol. The standard InChI is InChI=1S/C13H21NO2/c15-13(14-8-10-16-11-9-14)7-6-12-4-2-1-3-5-12/h6-7,12H,1-5,8-11H2/b7-6-. The average molecular weight is 223 g/mol. The van der Waals surface area contributed by atoms with Crippen molar-refractivity contribution in [2.45, 2.75) is 32.1 Å². The summed E-state index contributed by atoms with van der Waals surface area (Å²) in [5.41, 5.74) is 0. The first-order chi connectivity index (χ1) is 7.86. The first-order valence-corrected chi connectivity index (χ1v) is 6.41. The molecule has 1 heterocycles. The monoisotopic (exact) mass is 223 g/mol. The molecule has 2 fully saturated rings. The first-order valence-electron chi connectivity index (χ1n) is 6.41. The third-order valence-corrected chi connectivity index (χ3v) is 3.48. The SMILES string of the molecule is O=C(/C=C\C1CCCCC1)N1CCOCC1. The fourth-order valence-electron chi connectivity index (χ4n) is 2.43. The number of allylic oxidation sites excluding steroid dienone is 1. The van der Waals surface area contributed by atoms with E-state index in [0.29, 0.717) is 19.1 Å². The lowest BCUT2D eigenvalue weighted by molar-refractivity contribution is -0.130. The Kier molecular flexibility index (Phi) is 4.40. The molecule has 0 aromatic carbocycles. The fourth-order valence-corrected chi connectivity index (χ4v) is 2.43. The van der Waals surface area contributed by atoms with E-state index in [9.17, 15) is 4.79 Å². The number of hydrogen-bond donors (Lipinski definition) is 0. The van der Waals surface area contributed by atoms with Crippen LogP contribution in [0.3, 0.4) is 0 Å². The zero-order chi connectivity index (χ0) is 11.2. The van der Waals surface area contributed by atoms with Gasteiger partial charge in [-0.05, 0) is 24.8 Å². The van der Waals surface area contributed by atoms with Gasteiger partial charge in [-0.1, -0.05) is 25.3 Å². The average Bonchev–Trinajstić information content (AvgIpc) is 2.38. The maximum atomic E-state index is 11.8. The van der Waals surface area contributed by atoms with E-state index in [0.717, 1.165) is 13.1 Å². The minimum atomic E-state index is 0.161. The van der Waals surface area contributed by atoms with Crippen molar-refractivity contribution in [1.82, 2.24) is 4.90 Å². The molecule has 90 valence electrons. The summed E-state index contributed by atoms with van der Waals surface area (Å²) in [7, 11) is 0. The third kappa shape index (κ3) is 3.34. The van der Waals surface area contributed by atoms with E-state index in [4.69, 9.17) is 4.74 Å². The summed E-state index contributed by atoms with van der Waals surface area (Å²) in [5.74, 6) is 0.799. The van der Waals surface area contributed by atoms with Gasteiger partial charge in [-0.15, -0.1) is 0 Å². The molecule has 0 spiro atoms. The number of carbonyl (C=O) groups is 1. The highest BCUT2D eigenvalue weighted by molar-refractivity contribution is 5.87. The largest absolute Gasteiger partial charge is 0.378 e. The van der Waals surface area contributed by atoms with Crippen LogP contribution in [0.2, 0.25) is 0 Å². The van der Waals surface area contributed by atoms with Crippen LogP contribution in [0.1, 0.15) is 32.1 Å². The Labute approximate surface area is 97.5 Å². The second kappa shape index (κ2) is 6.04. The highest BCUT2D eigenvalue weighted by Crippen LogP contribution is 2.24. The molecule has 1 saturated carbocycles. The van der Waals surface area contributed by atoms with Crippen molar-refractivity contribution < 1.29 is 9.53 Å². The number of hydrogen-bond acceptors (Lipinski definition) is 2. The topological polar surface area (TPSA) is 29.5 Å². The van der Waals surface area contributed by atoms with Gasteiger partial charge in [0.15, 0.2) is 0 Å². The van der Waals surface area contributed by atoms with Gasteiger partial charge in [0.2, 0.25) is 5.91 Å². The Morgan fingerprint density at radius 2 is 1.81 bits per heavy atom. The number of carbonyl (C=O) groups excluding carboxylic acids is 1. The maximum absolute atomic E-state index is 11.8. The lowest BCUT2D eigenvalue weighted by atomic mass is 9.89. The van der Waals surface area contributed by atoms with Gasteiger partial charge in [0.25, 0.3) is 0 Å². The molecule has 0 aromatic rings. The normalized spacial score (nSPS) is 23.9. The molecule has 1 aliphatic carbocycles. The molecule has 3 nitrogen and oxygen atoms in total. The predicted octanol–water partition coefficient (Wildman–Crippen LogP) is 1.98. The minimum Gasteiger partial charge on any atom is -0.378 e. The van der Waals surface area contributed by atoms with Gasteiger partial charge >= 0.3 is 0 Å². The zero-order valence-corrected chi connectivity index (χ0v) is 9.86. The van der Waals surface area contributed by atoms with Crippen LogP contribution in [-0.2, 0) is 9.53 Å². The Bertz CT molecular complexity index is 251. The first kappa shape index (κ1) is 11.6. The number of ether oxygens (including phenoxy) is 1. The summed E-state index contributed by atoms with van der Waals surface area (Å²) in [6.45, 7) is 2.85. The van der Waals surface area contributed by atoms with E-state index in [2.05, 4.69) is 6.08 Å². The van der Waals surface area contributed by atoms with Gasteiger partial charge in [0, 0.05) is 13.1 Å². The minimum absolute atomic E-state index is 0.161. The molecule has 3 heteroatoms. The van der Waals surface area contributed by atoms with Crippen molar-refractivity contribution in [2.75, 3.05) is 26.3 Å². The summed E-state index contributed by atoms with van der Waals surface area (Å²) in [6.07, 6.45) is 10.4. The number of morpholine rings is 1. The van der Waals surface area contributed by atoms with E-state index in [1.54, 1.807) is 6.08 Å². The van der Waals surface area contributed by atoms with E-state index in [1.165, 1.54) is 32.1 Å². The van der Waals surface area contributed by atoms with Gasteiger partial charge < -0.3 is 9.64 Å². The third-order valence-electron chi connectivity index (χ3n) is 3.48. The van der Waals surface area contributed by atoms with Crippen LogP contribution in [0.4, 0.5) is 0 Å². The van der Waals surface area contributed by atoms with Crippen molar-refractivity contribution in [3.05, 3.63) is 12.2 Å². The molecule has 2 aliphatic rings. The van der Waals surface area contributed by atoms with Crippen LogP contribution in [0.5, 0.6) is 0 Å². The van der Waals surface area contributed by atoms with Crippen molar-refractivity contribution in [3.63, 3.8) is 0 Å². The van der Waals surface area contributed by atoms with Crippen LogP contribution >= 0.6 is 0 Å². The van der Waals surface area contributed by atoms with Crippen LogP contribution < -0.4 is 0 Å². The zero-order valence-electron chi connectivity index (χ0n) is 9.86. The number of amides is 1. The molecule has 2 rings (SSSR count). The highest BCUT2D eigenvalue weighted by Gasteiger charge is 2.15. The summed E-state index contributed by atoms with van der Waals surface area (Å²) < 4.78 is 5.23. The molecule has 0 aromatic heterocycles. The maximum Gasteiger partial charge on any atom is 0.246 e. The van der Waals surface area contributed by atoms with E-state index < -0.39 is 0 Å². The van der Waals surface area contributed by atoms with E-state index in [1.807, 2.05) is 4.90 Å². The van der Waals surface area contributed by atoms with Gasteiger partial charge in [-0.2, -0.15) is 0 Å². The molecular weight excluding hydrogens is 202 g/mol. The molecular formula is C13H21NO2. The molecule has 1 saturated heterocycles. The lowest BCUT2D eigenvalue weighted by Gasteiger charge is -2.26. The number of rotatable bonds is 2. The Morgan fingerprint density at radius 1 is 1.12 bits per heavy atom. The Balaban J connectivity index is 1.78. The lowest BCUT2D eigenvalue weighted by Crippen LogP contribution is -2.39. The van der Waals surface area contributed by atoms with E-state index >= 15 is 0 Å². The quantitative estimate of drug-likeness (QED) is 0.670. The van der Waals surface area contributed by atoms with Gasteiger partial charge in [-0.25, -0.2) is 0 Å². The Hall–Kier alpha value is -0.830. The second-order valence-electron chi connectivity index (χ2n) is 4.69. The van der Waals surface area contributed by atoms with E-state index in [-0.39, 0.29) is 5.91 Å². The Morgan fingerprint density at radius 3 is 2.50 bits per heavy atom. The van der Waals surface area contributed by atoms with Crippen LogP contribution in [0, 0.1) is 5.92 Å². The molecule has 0 unspecified atom stereocenters. The van der Waals surface area contributed by atoms with Crippen LogP contribution in [-0.4, -0.2) is 37.1 Å². The van der Waals surface area contributed by atoms with Gasteiger partial charge in [0.1, 0.15) is 0 Å². The van der Waals surface area contributed by atoms with Crippen molar-refractivity contribution in [2.24, 2.45) is 5.92 Å². The van der Waals surface area contributed by atoms with Gasteiger partial charge in [0.05, 0.1) is 13.2 Å². The van der Waals surface area contributed by atoms with Crippen molar-refractivity contribution in [3.8, 4) is 0 Å². The molecule has 1 aliphatic heterocycles.